The summed E-state index contributed by atoms with van der Waals surface area (Å²) in [4.78, 5) is 45.2. The van der Waals surface area contributed by atoms with Crippen molar-refractivity contribution in [3.8, 4) is 0 Å². The Morgan fingerprint density at radius 3 is 2.22 bits per heavy atom. The third kappa shape index (κ3) is 4.89. The lowest BCUT2D eigenvalue weighted by molar-refractivity contribution is -0.142. The second kappa shape index (κ2) is 10.1. The van der Waals surface area contributed by atoms with E-state index in [1.165, 1.54) is 18.7 Å². The van der Waals surface area contributed by atoms with Crippen LogP contribution in [0.5, 0.6) is 0 Å². The molecule has 0 aliphatic carbocycles. The summed E-state index contributed by atoms with van der Waals surface area (Å²) >= 11 is 0. The quantitative estimate of drug-likeness (QED) is 0.499. The Morgan fingerprint density at radius 2 is 1.56 bits per heavy atom. The maximum atomic E-state index is 13.3. The van der Waals surface area contributed by atoms with Crippen molar-refractivity contribution in [1.82, 2.24) is 10.6 Å². The molecule has 1 aliphatic rings. The highest BCUT2D eigenvalue weighted by atomic mass is 16.3. The molecule has 3 aromatic carbocycles. The highest BCUT2D eigenvalue weighted by Gasteiger charge is 2.36. The Hall–Kier alpha value is -4.30. The molecule has 3 N–H and O–H groups in total. The van der Waals surface area contributed by atoms with Gasteiger partial charge in [-0.2, -0.15) is 0 Å². The molecule has 1 heterocycles. The topological polar surface area (TPSA) is 111 Å². The van der Waals surface area contributed by atoms with Crippen molar-refractivity contribution in [2.24, 2.45) is 4.99 Å². The van der Waals surface area contributed by atoms with E-state index in [0.717, 1.165) is 11.1 Å². The highest BCUT2D eigenvalue weighted by molar-refractivity contribution is 6.20. The predicted molar refractivity (Wildman–Crippen MR) is 137 cm³/mol. The van der Waals surface area contributed by atoms with Gasteiger partial charge in [-0.25, -0.2) is 4.99 Å². The number of anilines is 1. The van der Waals surface area contributed by atoms with Crippen LogP contribution in [0.1, 0.15) is 30.5 Å². The van der Waals surface area contributed by atoms with Gasteiger partial charge in [0.05, 0.1) is 11.4 Å². The molecule has 0 fully saturated rings. The molecule has 0 bridgehead atoms. The SMILES string of the molecule is C[C@H](NC(=O)[C@@](C)(O)c1ccccc1)C(=O)N[C@H]1N=C(c2ccccc2)c2ccccc2N(C)C1=O. The molecule has 1 aliphatic heterocycles. The summed E-state index contributed by atoms with van der Waals surface area (Å²) in [5, 5.41) is 15.9. The summed E-state index contributed by atoms with van der Waals surface area (Å²) in [5.41, 5.74) is 1.35. The minimum Gasteiger partial charge on any atom is -0.376 e. The molecule has 0 saturated heterocycles. The largest absolute Gasteiger partial charge is 0.376 e. The number of carbonyl (C=O) groups excluding carboxylic acids is 3. The van der Waals surface area contributed by atoms with Crippen molar-refractivity contribution in [1.29, 1.82) is 0 Å². The van der Waals surface area contributed by atoms with Gasteiger partial charge < -0.3 is 20.6 Å². The van der Waals surface area contributed by atoms with Gasteiger partial charge in [0.15, 0.2) is 5.60 Å². The number of hydrogen-bond acceptors (Lipinski definition) is 5. The van der Waals surface area contributed by atoms with Crippen LogP contribution in [-0.4, -0.2) is 47.8 Å². The monoisotopic (exact) mass is 484 g/mol. The first kappa shape index (κ1) is 24.8. The summed E-state index contributed by atoms with van der Waals surface area (Å²) in [6.45, 7) is 2.84. The number of aliphatic hydroxyl groups is 1. The van der Waals surface area contributed by atoms with E-state index >= 15 is 0 Å². The zero-order valence-corrected chi connectivity index (χ0v) is 20.3. The Labute approximate surface area is 209 Å². The van der Waals surface area contributed by atoms with E-state index < -0.39 is 35.5 Å². The van der Waals surface area contributed by atoms with Crippen LogP contribution in [0.3, 0.4) is 0 Å². The molecule has 4 rings (SSSR count). The zero-order valence-electron chi connectivity index (χ0n) is 20.3. The minimum atomic E-state index is -1.84. The molecular formula is C28H28N4O4. The van der Waals surface area contributed by atoms with Gasteiger partial charge in [0.1, 0.15) is 6.04 Å². The first-order valence-corrected chi connectivity index (χ1v) is 11.6. The summed E-state index contributed by atoms with van der Waals surface area (Å²) < 4.78 is 0. The summed E-state index contributed by atoms with van der Waals surface area (Å²) in [5.74, 6) is -1.76. The average molecular weight is 485 g/mol. The van der Waals surface area contributed by atoms with E-state index in [1.54, 1.807) is 37.4 Å². The number of likely N-dealkylation sites (N-methyl/N-ethyl adjacent to an activating group) is 1. The molecule has 3 amide bonds. The molecule has 8 heteroatoms. The first-order chi connectivity index (χ1) is 17.2. The lowest BCUT2D eigenvalue weighted by atomic mass is 9.95. The van der Waals surface area contributed by atoms with Gasteiger partial charge in [-0.05, 0) is 25.5 Å². The summed E-state index contributed by atoms with van der Waals surface area (Å²) in [6, 6.07) is 24.2. The van der Waals surface area contributed by atoms with Crippen molar-refractivity contribution in [3.05, 3.63) is 102 Å². The second-order valence-electron chi connectivity index (χ2n) is 8.80. The van der Waals surface area contributed by atoms with Gasteiger partial charge in [-0.1, -0.05) is 78.9 Å². The fourth-order valence-electron chi connectivity index (χ4n) is 4.00. The van der Waals surface area contributed by atoms with Crippen LogP contribution in [0, 0.1) is 0 Å². The van der Waals surface area contributed by atoms with Crippen molar-refractivity contribution in [2.75, 3.05) is 11.9 Å². The van der Waals surface area contributed by atoms with Crippen LogP contribution in [0.4, 0.5) is 5.69 Å². The van der Waals surface area contributed by atoms with Crippen LogP contribution < -0.4 is 15.5 Å². The normalized spacial score (nSPS) is 17.7. The molecule has 3 aromatic rings. The lowest BCUT2D eigenvalue weighted by Gasteiger charge is -2.26. The van der Waals surface area contributed by atoms with Crippen LogP contribution in [-0.2, 0) is 20.0 Å². The number of amides is 3. The fraction of sp³-hybridized carbons (Fsp3) is 0.214. The Morgan fingerprint density at radius 1 is 0.972 bits per heavy atom. The number of aliphatic imine (C=N–C) groups is 1. The van der Waals surface area contributed by atoms with E-state index in [9.17, 15) is 19.5 Å². The van der Waals surface area contributed by atoms with E-state index in [4.69, 9.17) is 0 Å². The number of nitrogens with zero attached hydrogens (tertiary/aromatic N) is 2. The number of para-hydroxylation sites is 1. The summed E-state index contributed by atoms with van der Waals surface area (Å²) in [6.07, 6.45) is -1.21. The Kier molecular flexibility index (Phi) is 6.98. The lowest BCUT2D eigenvalue weighted by Crippen LogP contribution is -2.54. The smallest absolute Gasteiger partial charge is 0.272 e. The molecule has 0 spiro atoms. The van der Waals surface area contributed by atoms with Gasteiger partial charge in [-0.15, -0.1) is 0 Å². The van der Waals surface area contributed by atoms with Crippen molar-refractivity contribution in [2.45, 2.75) is 31.7 Å². The molecule has 8 nitrogen and oxygen atoms in total. The van der Waals surface area contributed by atoms with Crippen LogP contribution in [0.2, 0.25) is 0 Å². The number of hydrogen-bond donors (Lipinski definition) is 3. The molecule has 0 unspecified atom stereocenters. The molecule has 36 heavy (non-hydrogen) atoms. The molecular weight excluding hydrogens is 456 g/mol. The number of benzodiazepines with no additional fused rings is 1. The number of benzene rings is 3. The number of carbonyl (C=O) groups is 3. The van der Waals surface area contributed by atoms with Crippen LogP contribution in [0.15, 0.2) is 89.9 Å². The maximum Gasteiger partial charge on any atom is 0.272 e. The maximum absolute atomic E-state index is 13.3. The zero-order chi connectivity index (χ0) is 25.9. The second-order valence-corrected chi connectivity index (χ2v) is 8.80. The Bertz CT molecular complexity index is 1310. The van der Waals surface area contributed by atoms with E-state index in [1.807, 2.05) is 54.6 Å². The minimum absolute atomic E-state index is 0.394. The van der Waals surface area contributed by atoms with Crippen LogP contribution >= 0.6 is 0 Å². The standard InChI is InChI=1S/C28H28N4O4/c1-18(29-27(35)28(2,36)20-14-8-5-9-15-20)25(33)31-24-26(34)32(3)22-17-11-10-16-21(22)23(30-24)19-12-6-4-7-13-19/h4-18,24,36H,1-3H3,(H,29,35)(H,31,33)/t18-,24+,28-/m0/s1. The fourth-order valence-corrected chi connectivity index (χ4v) is 4.00. The van der Waals surface area contributed by atoms with E-state index in [0.29, 0.717) is 17.0 Å². The van der Waals surface area contributed by atoms with E-state index in [2.05, 4.69) is 15.6 Å². The third-order valence-corrected chi connectivity index (χ3v) is 6.19. The van der Waals surface area contributed by atoms with Gasteiger partial charge in [0.2, 0.25) is 12.1 Å². The Balaban J connectivity index is 1.58. The molecule has 0 radical (unpaired) electrons. The number of fused-ring (bicyclic) bond motifs is 1. The molecule has 0 aromatic heterocycles. The van der Waals surface area contributed by atoms with Gasteiger partial charge in [-0.3, -0.25) is 14.4 Å². The summed E-state index contributed by atoms with van der Waals surface area (Å²) in [7, 11) is 1.63. The predicted octanol–water partition coefficient (Wildman–Crippen LogP) is 2.36. The van der Waals surface area contributed by atoms with Crippen molar-refractivity contribution in [3.63, 3.8) is 0 Å². The number of nitrogens with one attached hydrogen (secondary N) is 2. The van der Waals surface area contributed by atoms with Gasteiger partial charge in [0, 0.05) is 18.2 Å². The first-order valence-electron chi connectivity index (χ1n) is 11.6. The van der Waals surface area contributed by atoms with Crippen LogP contribution in [0.25, 0.3) is 0 Å². The van der Waals surface area contributed by atoms with Crippen molar-refractivity contribution < 1.29 is 19.5 Å². The molecule has 184 valence electrons. The third-order valence-electron chi connectivity index (χ3n) is 6.19. The molecule has 0 saturated carbocycles. The number of rotatable bonds is 6. The van der Waals surface area contributed by atoms with E-state index in [-0.39, 0.29) is 0 Å². The molecule has 3 atom stereocenters. The highest BCUT2D eigenvalue weighted by Crippen LogP contribution is 2.27. The average Bonchev–Trinajstić information content (AvgIpc) is 3.00. The van der Waals surface area contributed by atoms with Crippen molar-refractivity contribution >= 4 is 29.1 Å². The van der Waals surface area contributed by atoms with Gasteiger partial charge in [0.25, 0.3) is 11.8 Å². The van der Waals surface area contributed by atoms with Gasteiger partial charge >= 0.3 is 0 Å².